The lowest BCUT2D eigenvalue weighted by Gasteiger charge is -2.12. The van der Waals surface area contributed by atoms with Crippen LogP contribution in [0.3, 0.4) is 0 Å². The van der Waals surface area contributed by atoms with Crippen LogP contribution in [-0.2, 0) is 19.0 Å². The van der Waals surface area contributed by atoms with Gasteiger partial charge in [-0.2, -0.15) is 0 Å². The van der Waals surface area contributed by atoms with Crippen LogP contribution in [0.5, 0.6) is 0 Å². The van der Waals surface area contributed by atoms with E-state index < -0.39 is 0 Å². The van der Waals surface area contributed by atoms with Gasteiger partial charge >= 0.3 is 5.97 Å². The molecule has 0 aliphatic carbocycles. The van der Waals surface area contributed by atoms with Crippen molar-refractivity contribution < 1.29 is 19.0 Å². The summed E-state index contributed by atoms with van der Waals surface area (Å²) in [6, 6.07) is 0. The minimum atomic E-state index is -0.231. The van der Waals surface area contributed by atoms with E-state index >= 15 is 0 Å². The number of ether oxygens (including phenoxy) is 3. The van der Waals surface area contributed by atoms with E-state index in [-0.39, 0.29) is 12.3 Å². The second kappa shape index (κ2) is 15.0. The average Bonchev–Trinajstić information content (AvgIpc) is 2.51. The summed E-state index contributed by atoms with van der Waals surface area (Å²) >= 11 is 0. The third-order valence-corrected chi connectivity index (χ3v) is 3.43. The van der Waals surface area contributed by atoms with Gasteiger partial charge in [0.25, 0.3) is 0 Å². The molecule has 1 unspecified atom stereocenters. The molecule has 0 heterocycles. The molecule has 0 aromatic rings. The lowest BCUT2D eigenvalue weighted by molar-refractivity contribution is -0.145. The zero-order chi connectivity index (χ0) is 16.6. The molecule has 4 nitrogen and oxygen atoms in total. The summed E-state index contributed by atoms with van der Waals surface area (Å²) in [6.07, 6.45) is 9.39. The fourth-order valence-corrected chi connectivity index (χ4v) is 1.83. The SMILES string of the molecule is CCOC(/C=C/CCCCCC(=O)OCC(C)CC)OCC. The Labute approximate surface area is 136 Å². The molecule has 0 aliphatic rings. The molecule has 1 atom stereocenters. The second-order valence-electron chi connectivity index (χ2n) is 5.50. The molecule has 0 bridgehead atoms. The Balaban J connectivity index is 3.57. The van der Waals surface area contributed by atoms with E-state index in [2.05, 4.69) is 19.9 Å². The summed E-state index contributed by atoms with van der Waals surface area (Å²) in [6.45, 7) is 9.96. The summed E-state index contributed by atoms with van der Waals surface area (Å²) in [5.74, 6) is 0.390. The Morgan fingerprint density at radius 3 is 2.32 bits per heavy atom. The van der Waals surface area contributed by atoms with Gasteiger partial charge in [0.2, 0.25) is 0 Å². The standard InChI is InChI=1S/C18H34O4/c1-5-16(4)15-22-17(19)13-11-9-8-10-12-14-18(20-6-2)21-7-3/h12,14,16,18H,5-11,13,15H2,1-4H3/b14-12+. The highest BCUT2D eigenvalue weighted by molar-refractivity contribution is 5.69. The lowest BCUT2D eigenvalue weighted by Crippen LogP contribution is -2.14. The van der Waals surface area contributed by atoms with Gasteiger partial charge in [-0.1, -0.05) is 32.8 Å². The first kappa shape index (κ1) is 21.1. The Morgan fingerprint density at radius 2 is 1.73 bits per heavy atom. The van der Waals surface area contributed by atoms with E-state index in [1.807, 2.05) is 19.9 Å². The zero-order valence-electron chi connectivity index (χ0n) is 14.8. The van der Waals surface area contributed by atoms with Gasteiger partial charge in [0.05, 0.1) is 6.61 Å². The normalized spacial score (nSPS) is 13.0. The van der Waals surface area contributed by atoms with Crippen LogP contribution >= 0.6 is 0 Å². The Morgan fingerprint density at radius 1 is 1.05 bits per heavy atom. The maximum atomic E-state index is 11.5. The van der Waals surface area contributed by atoms with Crippen LogP contribution in [0.4, 0.5) is 0 Å². The quantitative estimate of drug-likeness (QED) is 0.205. The highest BCUT2D eigenvalue weighted by Crippen LogP contribution is 2.07. The first-order valence-corrected chi connectivity index (χ1v) is 8.69. The lowest BCUT2D eigenvalue weighted by atomic mass is 10.1. The van der Waals surface area contributed by atoms with Crippen molar-refractivity contribution >= 4 is 5.97 Å². The van der Waals surface area contributed by atoms with Gasteiger partial charge in [0.15, 0.2) is 6.29 Å². The van der Waals surface area contributed by atoms with Gasteiger partial charge in [0, 0.05) is 19.6 Å². The molecule has 22 heavy (non-hydrogen) atoms. The third-order valence-electron chi connectivity index (χ3n) is 3.43. The largest absolute Gasteiger partial charge is 0.465 e. The van der Waals surface area contributed by atoms with Crippen LogP contribution < -0.4 is 0 Å². The van der Waals surface area contributed by atoms with Crippen LogP contribution in [0.1, 0.15) is 66.2 Å². The van der Waals surface area contributed by atoms with E-state index in [0.717, 1.165) is 32.1 Å². The van der Waals surface area contributed by atoms with Crippen molar-refractivity contribution in [3.63, 3.8) is 0 Å². The highest BCUT2D eigenvalue weighted by atomic mass is 16.7. The number of carbonyl (C=O) groups is 1. The molecule has 0 saturated heterocycles. The summed E-state index contributed by atoms with van der Waals surface area (Å²) < 4.78 is 16.1. The Bertz CT molecular complexity index is 283. The first-order chi connectivity index (χ1) is 10.6. The fourth-order valence-electron chi connectivity index (χ4n) is 1.83. The smallest absolute Gasteiger partial charge is 0.305 e. The van der Waals surface area contributed by atoms with Crippen molar-refractivity contribution in [2.75, 3.05) is 19.8 Å². The minimum Gasteiger partial charge on any atom is -0.465 e. The average molecular weight is 314 g/mol. The summed E-state index contributed by atoms with van der Waals surface area (Å²) in [4.78, 5) is 11.5. The Kier molecular flexibility index (Phi) is 14.4. The number of hydrogen-bond donors (Lipinski definition) is 0. The molecule has 0 aromatic heterocycles. The predicted octanol–water partition coefficient (Wildman–Crippen LogP) is 4.48. The fraction of sp³-hybridized carbons (Fsp3) is 0.833. The number of rotatable bonds is 14. The predicted molar refractivity (Wildman–Crippen MR) is 89.7 cm³/mol. The number of allylic oxidation sites excluding steroid dienone is 1. The summed E-state index contributed by atoms with van der Waals surface area (Å²) in [5.41, 5.74) is 0. The molecular formula is C18H34O4. The molecule has 0 amide bonds. The molecule has 0 N–H and O–H groups in total. The van der Waals surface area contributed by atoms with Gasteiger partial charge in [-0.25, -0.2) is 0 Å². The number of carbonyl (C=O) groups excluding carboxylic acids is 1. The van der Waals surface area contributed by atoms with E-state index in [4.69, 9.17) is 14.2 Å². The van der Waals surface area contributed by atoms with Crippen molar-refractivity contribution in [1.29, 1.82) is 0 Å². The van der Waals surface area contributed by atoms with Crippen LogP contribution in [0.2, 0.25) is 0 Å². The monoisotopic (exact) mass is 314 g/mol. The topological polar surface area (TPSA) is 44.8 Å². The van der Waals surface area contributed by atoms with Crippen molar-refractivity contribution in [1.82, 2.24) is 0 Å². The van der Waals surface area contributed by atoms with Gasteiger partial charge in [0.1, 0.15) is 0 Å². The number of unbranched alkanes of at least 4 members (excludes halogenated alkanes) is 3. The van der Waals surface area contributed by atoms with Gasteiger partial charge in [-0.05, 0) is 45.1 Å². The maximum absolute atomic E-state index is 11.5. The maximum Gasteiger partial charge on any atom is 0.305 e. The van der Waals surface area contributed by atoms with Crippen molar-refractivity contribution in [2.45, 2.75) is 72.5 Å². The van der Waals surface area contributed by atoms with Gasteiger partial charge in [-0.15, -0.1) is 0 Å². The van der Waals surface area contributed by atoms with Gasteiger partial charge < -0.3 is 14.2 Å². The molecule has 0 saturated carbocycles. The molecule has 0 fully saturated rings. The molecular weight excluding hydrogens is 280 g/mol. The molecule has 0 spiro atoms. The molecule has 130 valence electrons. The summed E-state index contributed by atoms with van der Waals surface area (Å²) in [5, 5.41) is 0. The zero-order valence-corrected chi connectivity index (χ0v) is 14.8. The highest BCUT2D eigenvalue weighted by Gasteiger charge is 2.05. The molecule has 0 aromatic carbocycles. The van der Waals surface area contributed by atoms with Crippen LogP contribution in [0.15, 0.2) is 12.2 Å². The van der Waals surface area contributed by atoms with Crippen molar-refractivity contribution in [3.05, 3.63) is 12.2 Å². The second-order valence-corrected chi connectivity index (χ2v) is 5.50. The number of hydrogen-bond acceptors (Lipinski definition) is 4. The van der Waals surface area contributed by atoms with Crippen molar-refractivity contribution in [2.24, 2.45) is 5.92 Å². The molecule has 0 radical (unpaired) electrons. The molecule has 0 aliphatic heterocycles. The van der Waals surface area contributed by atoms with E-state index in [1.165, 1.54) is 0 Å². The Hall–Kier alpha value is -0.870. The third kappa shape index (κ3) is 12.8. The van der Waals surface area contributed by atoms with Crippen LogP contribution in [-0.4, -0.2) is 32.1 Å². The van der Waals surface area contributed by atoms with E-state index in [1.54, 1.807) is 0 Å². The molecule has 0 rings (SSSR count). The van der Waals surface area contributed by atoms with Crippen LogP contribution in [0, 0.1) is 5.92 Å². The van der Waals surface area contributed by atoms with Crippen molar-refractivity contribution in [3.8, 4) is 0 Å². The number of esters is 1. The van der Waals surface area contributed by atoms with E-state index in [0.29, 0.717) is 32.2 Å². The minimum absolute atomic E-state index is 0.0661. The molecule has 4 heteroatoms. The van der Waals surface area contributed by atoms with E-state index in [9.17, 15) is 4.79 Å². The van der Waals surface area contributed by atoms with Crippen LogP contribution in [0.25, 0.3) is 0 Å². The first-order valence-electron chi connectivity index (χ1n) is 8.69. The summed E-state index contributed by atoms with van der Waals surface area (Å²) in [7, 11) is 0. The van der Waals surface area contributed by atoms with Gasteiger partial charge in [-0.3, -0.25) is 4.79 Å².